The fourth-order valence-electron chi connectivity index (χ4n) is 1.01. The Morgan fingerprint density at radius 3 is 3.00 bits per heavy atom. The second-order valence-corrected chi connectivity index (χ2v) is 3.89. The zero-order chi connectivity index (χ0) is 7.56. The molecule has 0 bridgehead atoms. The Labute approximate surface area is 64.3 Å². The van der Waals surface area contributed by atoms with Crippen molar-refractivity contribution in [2.45, 2.75) is 18.6 Å². The van der Waals surface area contributed by atoms with E-state index in [4.69, 9.17) is 5.11 Å². The van der Waals surface area contributed by atoms with Gasteiger partial charge in [-0.05, 0) is 6.42 Å². The highest BCUT2D eigenvalue weighted by atomic mass is 32.2. The molecule has 1 aliphatic heterocycles. The van der Waals surface area contributed by atoms with E-state index >= 15 is 0 Å². The van der Waals surface area contributed by atoms with E-state index in [-0.39, 0.29) is 0 Å². The minimum Gasteiger partial charge on any atom is -0.478 e. The lowest BCUT2D eigenvalue weighted by Crippen LogP contribution is -1.92. The van der Waals surface area contributed by atoms with Crippen molar-refractivity contribution in [3.8, 4) is 0 Å². The molecule has 1 heterocycles. The van der Waals surface area contributed by atoms with Crippen molar-refractivity contribution >= 4 is 17.7 Å². The highest BCUT2D eigenvalue weighted by Crippen LogP contribution is 2.29. The first-order valence-corrected chi connectivity index (χ1v) is 4.27. The Balaban J connectivity index is 2.51. The summed E-state index contributed by atoms with van der Waals surface area (Å²) >= 11 is 1.82. The third-order valence-electron chi connectivity index (χ3n) is 1.43. The van der Waals surface area contributed by atoms with Crippen LogP contribution in [0.2, 0.25) is 0 Å². The number of carbonyl (C=O) groups is 1. The van der Waals surface area contributed by atoms with Gasteiger partial charge in [0.15, 0.2) is 0 Å². The van der Waals surface area contributed by atoms with Gasteiger partial charge in [0.2, 0.25) is 0 Å². The summed E-state index contributed by atoms with van der Waals surface area (Å²) in [4.78, 5) is 10.2. The van der Waals surface area contributed by atoms with Gasteiger partial charge in [-0.25, -0.2) is 4.79 Å². The van der Waals surface area contributed by atoms with Crippen molar-refractivity contribution in [2.75, 3.05) is 5.75 Å². The Morgan fingerprint density at radius 1 is 1.90 bits per heavy atom. The number of aliphatic carboxylic acids is 1. The van der Waals surface area contributed by atoms with E-state index in [1.54, 1.807) is 0 Å². The fourth-order valence-corrected chi connectivity index (χ4v) is 2.04. The van der Waals surface area contributed by atoms with Crippen LogP contribution in [0, 0.1) is 0 Å². The van der Waals surface area contributed by atoms with Crippen LogP contribution < -0.4 is 0 Å². The number of carboxylic acids is 1. The molecule has 1 aliphatic rings. The number of hydrogen-bond acceptors (Lipinski definition) is 2. The number of thioether (sulfide) groups is 1. The van der Waals surface area contributed by atoms with Crippen LogP contribution in [-0.2, 0) is 4.79 Å². The van der Waals surface area contributed by atoms with Crippen LogP contribution in [0.5, 0.6) is 0 Å². The van der Waals surface area contributed by atoms with Gasteiger partial charge in [-0.3, -0.25) is 0 Å². The molecule has 0 aromatic heterocycles. The molecule has 1 N–H and O–H groups in total. The Morgan fingerprint density at radius 2 is 2.60 bits per heavy atom. The van der Waals surface area contributed by atoms with Gasteiger partial charge in [-0.2, -0.15) is 11.8 Å². The maximum absolute atomic E-state index is 10.2. The van der Waals surface area contributed by atoms with Gasteiger partial charge < -0.3 is 5.11 Å². The first kappa shape index (κ1) is 7.66. The molecular weight excluding hydrogens is 148 g/mol. The third-order valence-corrected chi connectivity index (χ3v) is 2.70. The third kappa shape index (κ3) is 2.06. The summed E-state index contributed by atoms with van der Waals surface area (Å²) in [6, 6.07) is 0. The first-order valence-electron chi connectivity index (χ1n) is 3.22. The van der Waals surface area contributed by atoms with Gasteiger partial charge in [-0.15, -0.1) is 0 Å². The highest BCUT2D eigenvalue weighted by molar-refractivity contribution is 8.00. The molecule has 3 heteroatoms. The van der Waals surface area contributed by atoms with Crippen molar-refractivity contribution in [1.82, 2.24) is 0 Å². The summed E-state index contributed by atoms with van der Waals surface area (Å²) in [5.41, 5.74) is 1.06. The molecule has 1 rings (SSSR count). The van der Waals surface area contributed by atoms with E-state index in [9.17, 15) is 4.79 Å². The lowest BCUT2D eigenvalue weighted by atomic mass is 10.2. The van der Waals surface area contributed by atoms with E-state index in [1.165, 1.54) is 6.08 Å². The molecule has 1 saturated heterocycles. The summed E-state index contributed by atoms with van der Waals surface area (Å²) in [7, 11) is 0. The predicted octanol–water partition coefficient (Wildman–Crippen LogP) is 1.52. The summed E-state index contributed by atoms with van der Waals surface area (Å²) in [6.07, 6.45) is 2.27. The largest absolute Gasteiger partial charge is 0.478 e. The molecule has 0 aliphatic carbocycles. The first-order chi connectivity index (χ1) is 4.68. The second-order valence-electron chi connectivity index (χ2n) is 2.47. The molecule has 0 saturated carbocycles. The van der Waals surface area contributed by atoms with Crippen LogP contribution in [0.1, 0.15) is 13.3 Å². The lowest BCUT2D eigenvalue weighted by Gasteiger charge is -1.92. The quantitative estimate of drug-likeness (QED) is 0.588. The molecule has 0 spiro atoms. The van der Waals surface area contributed by atoms with Crippen LogP contribution in [-0.4, -0.2) is 22.1 Å². The van der Waals surface area contributed by atoms with Gasteiger partial charge in [-0.1, -0.05) is 12.5 Å². The molecule has 0 aromatic carbocycles. The maximum Gasteiger partial charge on any atom is 0.328 e. The van der Waals surface area contributed by atoms with Crippen molar-refractivity contribution in [3.05, 3.63) is 11.6 Å². The molecule has 1 unspecified atom stereocenters. The maximum atomic E-state index is 10.2. The van der Waals surface area contributed by atoms with E-state index in [0.29, 0.717) is 5.25 Å². The van der Waals surface area contributed by atoms with E-state index in [0.717, 1.165) is 17.7 Å². The van der Waals surface area contributed by atoms with Crippen molar-refractivity contribution < 1.29 is 9.90 Å². The van der Waals surface area contributed by atoms with Crippen molar-refractivity contribution in [1.29, 1.82) is 0 Å². The SMILES string of the molecule is CC1C/C(=C\C(=O)O)CS1. The standard InChI is InChI=1S/C7H10O2S/c1-5-2-6(4-10-5)3-7(8)9/h3,5H,2,4H2,1H3,(H,8,9)/b6-3+. The van der Waals surface area contributed by atoms with E-state index in [2.05, 4.69) is 6.92 Å². The minimum absolute atomic E-state index is 0.602. The second kappa shape index (κ2) is 3.10. The number of hydrogen-bond donors (Lipinski definition) is 1. The molecule has 56 valence electrons. The zero-order valence-corrected chi connectivity index (χ0v) is 6.65. The van der Waals surface area contributed by atoms with Crippen LogP contribution in [0.25, 0.3) is 0 Å². The Hall–Kier alpha value is -0.440. The lowest BCUT2D eigenvalue weighted by molar-refractivity contribution is -0.131. The van der Waals surface area contributed by atoms with Gasteiger partial charge >= 0.3 is 5.97 Å². The topological polar surface area (TPSA) is 37.3 Å². The normalized spacial score (nSPS) is 29.3. The molecule has 2 nitrogen and oxygen atoms in total. The molecule has 0 amide bonds. The van der Waals surface area contributed by atoms with Crippen molar-refractivity contribution in [2.24, 2.45) is 0 Å². The van der Waals surface area contributed by atoms with Crippen LogP contribution in [0.4, 0.5) is 0 Å². The average Bonchev–Trinajstić information content (AvgIpc) is 2.13. The Bertz CT molecular complexity index is 174. The number of carboxylic acid groups (broad SMARTS) is 1. The summed E-state index contributed by atoms with van der Waals surface area (Å²) < 4.78 is 0. The van der Waals surface area contributed by atoms with Crippen LogP contribution >= 0.6 is 11.8 Å². The molecule has 1 fully saturated rings. The fraction of sp³-hybridized carbons (Fsp3) is 0.571. The predicted molar refractivity (Wildman–Crippen MR) is 42.3 cm³/mol. The average molecular weight is 158 g/mol. The number of rotatable bonds is 1. The molecule has 10 heavy (non-hydrogen) atoms. The molecule has 1 atom stereocenters. The summed E-state index contributed by atoms with van der Waals surface area (Å²) in [6.45, 7) is 2.12. The highest BCUT2D eigenvalue weighted by Gasteiger charge is 2.15. The smallest absolute Gasteiger partial charge is 0.328 e. The van der Waals surface area contributed by atoms with Gasteiger partial charge in [0, 0.05) is 17.1 Å². The molecular formula is C7H10O2S. The summed E-state index contributed by atoms with van der Waals surface area (Å²) in [5.74, 6) is 0.0812. The monoisotopic (exact) mass is 158 g/mol. The summed E-state index contributed by atoms with van der Waals surface area (Å²) in [5, 5.41) is 8.98. The molecule has 0 radical (unpaired) electrons. The zero-order valence-electron chi connectivity index (χ0n) is 5.83. The van der Waals surface area contributed by atoms with E-state index in [1.807, 2.05) is 11.8 Å². The Kier molecular flexibility index (Phi) is 2.38. The van der Waals surface area contributed by atoms with Gasteiger partial charge in [0.05, 0.1) is 0 Å². The van der Waals surface area contributed by atoms with Crippen LogP contribution in [0.3, 0.4) is 0 Å². The van der Waals surface area contributed by atoms with Crippen LogP contribution in [0.15, 0.2) is 11.6 Å². The van der Waals surface area contributed by atoms with Gasteiger partial charge in [0.25, 0.3) is 0 Å². The molecule has 0 aromatic rings. The van der Waals surface area contributed by atoms with Gasteiger partial charge in [0.1, 0.15) is 0 Å². The van der Waals surface area contributed by atoms with Crippen molar-refractivity contribution in [3.63, 3.8) is 0 Å². The van der Waals surface area contributed by atoms with E-state index < -0.39 is 5.97 Å². The minimum atomic E-state index is -0.815.